The molecule has 5 nitrogen and oxygen atoms in total. The number of aliphatic hydroxyl groups is 1. The molecule has 0 saturated carbocycles. The monoisotopic (exact) mass is 403 g/mol. The molecule has 1 aromatic rings. The van der Waals surface area contributed by atoms with Gasteiger partial charge in [-0.15, -0.1) is 11.3 Å². The highest BCUT2D eigenvalue weighted by Crippen LogP contribution is 2.48. The van der Waals surface area contributed by atoms with Crippen LogP contribution in [0.4, 0.5) is 13.6 Å². The molecule has 0 bridgehead atoms. The number of nitrogens with zero attached hydrogens (tertiary/aromatic N) is 1. The molecule has 0 aliphatic carbocycles. The number of hydrogen-bond donors (Lipinski definition) is 1. The largest absolute Gasteiger partial charge is 0.444 e. The van der Waals surface area contributed by atoms with Crippen molar-refractivity contribution in [1.82, 2.24) is 4.90 Å². The predicted octanol–water partition coefficient (Wildman–Crippen LogP) is 4.23. The Morgan fingerprint density at radius 1 is 1.48 bits per heavy atom. The first-order valence-corrected chi connectivity index (χ1v) is 10.1. The van der Waals surface area contributed by atoms with Gasteiger partial charge in [0.25, 0.3) is 6.43 Å². The number of piperidine rings is 1. The van der Waals surface area contributed by atoms with Crippen LogP contribution in [0.25, 0.3) is 0 Å². The lowest BCUT2D eigenvalue weighted by atomic mass is 9.82. The molecule has 1 N–H and O–H groups in total. The first-order chi connectivity index (χ1) is 12.5. The lowest BCUT2D eigenvalue weighted by Gasteiger charge is -2.46. The normalized spacial score (nSPS) is 27.0. The number of likely N-dealkylation sites (tertiary alicyclic amines) is 1. The van der Waals surface area contributed by atoms with Crippen LogP contribution in [0.5, 0.6) is 0 Å². The van der Waals surface area contributed by atoms with Gasteiger partial charge in [-0.05, 0) is 52.2 Å². The fourth-order valence-corrected chi connectivity index (χ4v) is 5.24. The van der Waals surface area contributed by atoms with Crippen molar-refractivity contribution in [3.8, 4) is 0 Å². The van der Waals surface area contributed by atoms with Crippen LogP contribution in [0, 0.1) is 0 Å². The third kappa shape index (κ3) is 4.12. The second-order valence-electron chi connectivity index (χ2n) is 8.35. The van der Waals surface area contributed by atoms with Crippen molar-refractivity contribution < 1.29 is 28.2 Å². The van der Waals surface area contributed by atoms with E-state index >= 15 is 0 Å². The highest BCUT2D eigenvalue weighted by atomic mass is 32.1. The number of ether oxygens (including phenoxy) is 2. The molecule has 3 rings (SSSR count). The van der Waals surface area contributed by atoms with Gasteiger partial charge in [-0.1, -0.05) is 0 Å². The molecule has 1 aromatic heterocycles. The minimum absolute atomic E-state index is 0.106. The fraction of sp³-hybridized carbons (Fsp3) is 0.737. The van der Waals surface area contributed by atoms with Crippen LogP contribution in [-0.2, 0) is 21.5 Å². The number of thiophene rings is 1. The molecule has 3 unspecified atom stereocenters. The summed E-state index contributed by atoms with van der Waals surface area (Å²) in [4.78, 5) is 15.4. The van der Waals surface area contributed by atoms with Crippen molar-refractivity contribution in [2.75, 3.05) is 13.2 Å². The molecule has 1 saturated heterocycles. The molecule has 0 aromatic carbocycles. The zero-order valence-corrected chi connectivity index (χ0v) is 16.9. The molecular weight excluding hydrogens is 376 g/mol. The number of aliphatic hydroxyl groups excluding tert-OH is 1. The molecule has 1 spiro atoms. The van der Waals surface area contributed by atoms with E-state index in [4.69, 9.17) is 9.47 Å². The minimum atomic E-state index is -2.81. The first kappa shape index (κ1) is 20.5. The third-order valence-electron chi connectivity index (χ3n) is 5.06. The fourth-order valence-electron chi connectivity index (χ4n) is 3.85. The maximum Gasteiger partial charge on any atom is 0.410 e. The van der Waals surface area contributed by atoms with Crippen molar-refractivity contribution in [1.29, 1.82) is 0 Å². The molecule has 8 heteroatoms. The summed E-state index contributed by atoms with van der Waals surface area (Å²) in [5.74, 6) is 0. The van der Waals surface area contributed by atoms with Crippen LogP contribution in [0.1, 0.15) is 62.0 Å². The van der Waals surface area contributed by atoms with Gasteiger partial charge in [-0.2, -0.15) is 0 Å². The number of carbonyl (C=O) groups excluding carboxylic acids is 1. The third-order valence-corrected chi connectivity index (χ3v) is 6.50. The van der Waals surface area contributed by atoms with Crippen LogP contribution in [-0.4, -0.2) is 47.3 Å². The molecule has 3 atom stereocenters. The summed E-state index contributed by atoms with van der Waals surface area (Å²) in [6, 6.07) is 1.58. The zero-order chi connectivity index (χ0) is 20.0. The van der Waals surface area contributed by atoms with Crippen molar-refractivity contribution in [2.24, 2.45) is 0 Å². The van der Waals surface area contributed by atoms with Gasteiger partial charge in [-0.3, -0.25) is 0 Å². The summed E-state index contributed by atoms with van der Waals surface area (Å²) in [6.07, 6.45) is -3.13. The maximum absolute atomic E-state index is 12.9. The molecular formula is C19H27F2NO4S. The second-order valence-corrected chi connectivity index (χ2v) is 9.44. The van der Waals surface area contributed by atoms with Gasteiger partial charge in [0.15, 0.2) is 0 Å². The lowest BCUT2D eigenvalue weighted by Crippen LogP contribution is -2.53. The number of fused-ring (bicyclic) bond motifs is 2. The van der Waals surface area contributed by atoms with Crippen LogP contribution in [0.3, 0.4) is 0 Å². The topological polar surface area (TPSA) is 59.0 Å². The second kappa shape index (κ2) is 7.29. The van der Waals surface area contributed by atoms with E-state index in [-0.39, 0.29) is 17.0 Å². The average molecular weight is 403 g/mol. The van der Waals surface area contributed by atoms with E-state index in [2.05, 4.69) is 0 Å². The molecule has 152 valence electrons. The Kier molecular flexibility index (Phi) is 5.53. The Morgan fingerprint density at radius 2 is 2.19 bits per heavy atom. The number of alkyl halides is 2. The molecule has 0 radical (unpaired) electrons. The number of hydrogen-bond acceptors (Lipinski definition) is 5. The van der Waals surface area contributed by atoms with E-state index in [9.17, 15) is 18.7 Å². The summed E-state index contributed by atoms with van der Waals surface area (Å²) < 4.78 is 37.5. The first-order valence-electron chi connectivity index (χ1n) is 9.25. The molecule has 1 fully saturated rings. The summed E-state index contributed by atoms with van der Waals surface area (Å²) in [7, 11) is 0. The van der Waals surface area contributed by atoms with Crippen LogP contribution in [0.2, 0.25) is 0 Å². The average Bonchev–Trinajstić information content (AvgIpc) is 2.98. The molecule has 1 amide bonds. The van der Waals surface area contributed by atoms with Gasteiger partial charge in [0.05, 0.1) is 6.61 Å². The SMILES string of the molecule is CC1CC2(CCN1C(=O)OC(C)(C)C)OCCc1cc(C(O)C(F)F)sc12. The van der Waals surface area contributed by atoms with E-state index in [0.717, 1.165) is 10.4 Å². The number of rotatable bonds is 2. The van der Waals surface area contributed by atoms with E-state index in [1.54, 1.807) is 11.0 Å². The molecule has 2 aliphatic rings. The number of carbonyl (C=O) groups is 1. The summed E-state index contributed by atoms with van der Waals surface area (Å²) in [6.45, 7) is 8.43. The number of halogens is 2. The van der Waals surface area contributed by atoms with Crippen molar-refractivity contribution in [2.45, 2.75) is 76.7 Å². The Morgan fingerprint density at radius 3 is 2.78 bits per heavy atom. The summed E-state index contributed by atoms with van der Waals surface area (Å²) in [5.41, 5.74) is -0.177. The van der Waals surface area contributed by atoms with Gasteiger partial charge in [0.2, 0.25) is 0 Å². The smallest absolute Gasteiger partial charge is 0.410 e. The van der Waals surface area contributed by atoms with E-state index in [1.807, 2.05) is 27.7 Å². The van der Waals surface area contributed by atoms with Gasteiger partial charge in [-0.25, -0.2) is 13.6 Å². The Balaban J connectivity index is 1.81. The minimum Gasteiger partial charge on any atom is -0.444 e. The Labute approximate surface area is 162 Å². The number of amides is 1. The Bertz CT molecular complexity index is 702. The van der Waals surface area contributed by atoms with Gasteiger partial charge in [0, 0.05) is 28.8 Å². The van der Waals surface area contributed by atoms with Crippen LogP contribution >= 0.6 is 11.3 Å². The van der Waals surface area contributed by atoms with Crippen molar-refractivity contribution in [3.05, 3.63) is 21.4 Å². The molecule has 27 heavy (non-hydrogen) atoms. The summed E-state index contributed by atoms with van der Waals surface area (Å²) >= 11 is 1.21. The van der Waals surface area contributed by atoms with Crippen molar-refractivity contribution >= 4 is 17.4 Å². The van der Waals surface area contributed by atoms with E-state index in [1.165, 1.54) is 11.3 Å². The maximum atomic E-state index is 12.9. The highest BCUT2D eigenvalue weighted by Gasteiger charge is 2.47. The quantitative estimate of drug-likeness (QED) is 0.803. The van der Waals surface area contributed by atoms with Crippen LogP contribution in [0.15, 0.2) is 6.07 Å². The van der Waals surface area contributed by atoms with Gasteiger partial charge < -0.3 is 19.5 Å². The van der Waals surface area contributed by atoms with Crippen LogP contribution < -0.4 is 0 Å². The van der Waals surface area contributed by atoms with Gasteiger partial charge in [0.1, 0.15) is 17.3 Å². The molecule has 2 aliphatic heterocycles. The zero-order valence-electron chi connectivity index (χ0n) is 16.1. The predicted molar refractivity (Wildman–Crippen MR) is 98.3 cm³/mol. The van der Waals surface area contributed by atoms with E-state index < -0.39 is 23.7 Å². The van der Waals surface area contributed by atoms with E-state index in [0.29, 0.717) is 32.4 Å². The summed E-state index contributed by atoms with van der Waals surface area (Å²) in [5, 5.41) is 9.76. The van der Waals surface area contributed by atoms with Gasteiger partial charge >= 0.3 is 6.09 Å². The lowest BCUT2D eigenvalue weighted by molar-refractivity contribution is -0.108. The Hall–Kier alpha value is -1.25. The molecule has 3 heterocycles. The van der Waals surface area contributed by atoms with Crippen molar-refractivity contribution in [3.63, 3.8) is 0 Å². The highest BCUT2D eigenvalue weighted by molar-refractivity contribution is 7.12. The standard InChI is InChI=1S/C19H27F2NO4S/c1-11-10-19(6-7-22(11)17(24)26-18(2,3)4)15-12(5-8-25-19)9-13(27-15)14(23)16(20)21/h9,11,14,16,23H,5-8,10H2,1-4H3.